The van der Waals surface area contributed by atoms with Gasteiger partial charge < -0.3 is 24.4 Å². The van der Waals surface area contributed by atoms with Crippen molar-refractivity contribution in [2.24, 2.45) is 11.8 Å². The van der Waals surface area contributed by atoms with Gasteiger partial charge in [-0.15, -0.1) is 0 Å². The van der Waals surface area contributed by atoms with Gasteiger partial charge in [-0.05, 0) is 69.5 Å². The molecular weight excluding hydrogens is 392 g/mol. The van der Waals surface area contributed by atoms with Crippen LogP contribution in [0.4, 0.5) is 0 Å². The molecule has 31 heavy (non-hydrogen) atoms. The quantitative estimate of drug-likeness (QED) is 0.533. The molecule has 2 atom stereocenters. The number of unbranched alkanes of at least 4 members (excludes halogenated alkanes) is 1. The second-order valence-electron chi connectivity index (χ2n) is 9.62. The molecule has 6 heteroatoms. The lowest BCUT2D eigenvalue weighted by Gasteiger charge is -2.30. The zero-order valence-corrected chi connectivity index (χ0v) is 19.0. The Morgan fingerprint density at radius 2 is 1.90 bits per heavy atom. The van der Waals surface area contributed by atoms with Crippen molar-refractivity contribution in [3.63, 3.8) is 0 Å². The maximum absolute atomic E-state index is 12.7. The molecule has 4 rings (SSSR count). The van der Waals surface area contributed by atoms with Crippen molar-refractivity contribution in [3.05, 3.63) is 23.7 Å². The van der Waals surface area contributed by atoms with Crippen LogP contribution in [0.5, 0.6) is 0 Å². The number of rotatable bonds is 10. The molecule has 0 aromatic carbocycles. The lowest BCUT2D eigenvalue weighted by atomic mass is 9.91. The van der Waals surface area contributed by atoms with Crippen LogP contribution in [0.2, 0.25) is 0 Å². The third-order valence-electron chi connectivity index (χ3n) is 7.10. The Bertz CT molecular complexity index is 635. The lowest BCUT2D eigenvalue weighted by molar-refractivity contribution is -0.122. The highest BCUT2D eigenvalue weighted by molar-refractivity contribution is 5.76. The zero-order valence-electron chi connectivity index (χ0n) is 19.0. The van der Waals surface area contributed by atoms with Gasteiger partial charge >= 0.3 is 0 Å². The van der Waals surface area contributed by atoms with Crippen molar-refractivity contribution in [2.45, 2.75) is 70.3 Å². The molecule has 1 amide bonds. The van der Waals surface area contributed by atoms with Gasteiger partial charge in [0.05, 0.1) is 0 Å². The second kappa shape index (κ2) is 11.9. The Morgan fingerprint density at radius 3 is 2.74 bits per heavy atom. The van der Waals surface area contributed by atoms with Gasteiger partial charge in [-0.3, -0.25) is 4.79 Å². The molecule has 0 saturated carbocycles. The molecule has 1 unspecified atom stereocenters. The van der Waals surface area contributed by atoms with Crippen molar-refractivity contribution in [3.8, 4) is 0 Å². The fourth-order valence-corrected chi connectivity index (χ4v) is 5.34. The second-order valence-corrected chi connectivity index (χ2v) is 9.62. The molecule has 0 spiro atoms. The number of hydrogen-bond donors (Lipinski definition) is 1. The summed E-state index contributed by atoms with van der Waals surface area (Å²) in [7, 11) is 0. The minimum Gasteiger partial charge on any atom is -0.490 e. The number of likely N-dealkylation sites (tertiary alicyclic amines) is 1. The number of hydrogen-bond acceptors (Lipinski definition) is 5. The first kappa shape index (κ1) is 22.7. The average molecular weight is 433 g/mol. The Balaban J connectivity index is 1.22. The topological polar surface area (TPSA) is 60.0 Å². The van der Waals surface area contributed by atoms with E-state index in [2.05, 4.69) is 22.4 Å². The van der Waals surface area contributed by atoms with Gasteiger partial charge in [0.1, 0.15) is 19.0 Å². The number of ether oxygens (including phenoxy) is 3. The number of nitrogens with one attached hydrogen (secondary N) is 1. The SMILES string of the molecule is O=C(CCCCC1CCOCC1)N[C@@H](CC1C=CC2=C(C1)OCCO2)CN1CCCC1. The number of amides is 1. The molecule has 0 radical (unpaired) electrons. The summed E-state index contributed by atoms with van der Waals surface area (Å²) in [6, 6.07) is 0.197. The smallest absolute Gasteiger partial charge is 0.220 e. The standard InChI is InChI=1S/C25H40N2O4/c28-25(6-2-1-5-20-9-13-29-14-10-20)26-22(19-27-11-3-4-12-27)17-21-7-8-23-24(18-21)31-16-15-30-23/h7-8,20-22H,1-6,9-19H2,(H,26,28)/t21?,22-/m0/s1. The van der Waals surface area contributed by atoms with E-state index in [0.717, 1.165) is 76.0 Å². The van der Waals surface area contributed by atoms with Crippen LogP contribution in [0.15, 0.2) is 23.7 Å². The summed E-state index contributed by atoms with van der Waals surface area (Å²) in [5.74, 6) is 3.28. The Labute approximate surface area is 187 Å². The van der Waals surface area contributed by atoms with Crippen LogP contribution in [-0.2, 0) is 19.0 Å². The van der Waals surface area contributed by atoms with Gasteiger partial charge in [-0.2, -0.15) is 0 Å². The van der Waals surface area contributed by atoms with Crippen molar-refractivity contribution in [1.82, 2.24) is 10.2 Å². The minimum absolute atomic E-state index is 0.197. The highest BCUT2D eigenvalue weighted by Gasteiger charge is 2.26. The van der Waals surface area contributed by atoms with Crippen LogP contribution in [-0.4, -0.2) is 62.9 Å². The Hall–Kier alpha value is -1.53. The van der Waals surface area contributed by atoms with Crippen LogP contribution in [0, 0.1) is 11.8 Å². The summed E-state index contributed by atoms with van der Waals surface area (Å²) < 4.78 is 17.0. The van der Waals surface area contributed by atoms with Crippen LogP contribution >= 0.6 is 0 Å². The summed E-state index contributed by atoms with van der Waals surface area (Å²) in [5, 5.41) is 3.38. The highest BCUT2D eigenvalue weighted by Crippen LogP contribution is 2.30. The number of carbonyl (C=O) groups excluding carboxylic acids is 1. The van der Waals surface area contributed by atoms with Gasteiger partial charge in [-0.1, -0.05) is 18.9 Å². The molecule has 2 saturated heterocycles. The molecule has 6 nitrogen and oxygen atoms in total. The Kier molecular flexibility index (Phi) is 8.71. The summed E-state index contributed by atoms with van der Waals surface area (Å²) in [5.41, 5.74) is 0. The fraction of sp³-hybridized carbons (Fsp3) is 0.800. The first-order valence-electron chi connectivity index (χ1n) is 12.5. The number of carbonyl (C=O) groups is 1. The first-order chi connectivity index (χ1) is 15.3. The zero-order chi connectivity index (χ0) is 21.3. The molecule has 174 valence electrons. The molecule has 4 aliphatic rings. The largest absolute Gasteiger partial charge is 0.490 e. The number of allylic oxidation sites excluding steroid dienone is 3. The van der Waals surface area contributed by atoms with E-state index < -0.39 is 0 Å². The molecule has 3 aliphatic heterocycles. The van der Waals surface area contributed by atoms with Crippen molar-refractivity contribution in [2.75, 3.05) is 46.1 Å². The molecule has 1 N–H and O–H groups in total. The third kappa shape index (κ3) is 7.25. The average Bonchev–Trinajstić information content (AvgIpc) is 3.30. The summed E-state index contributed by atoms with van der Waals surface area (Å²) >= 11 is 0. The normalized spacial score (nSPS) is 25.6. The fourth-order valence-electron chi connectivity index (χ4n) is 5.34. The Morgan fingerprint density at radius 1 is 1.10 bits per heavy atom. The van der Waals surface area contributed by atoms with E-state index in [1.165, 1.54) is 32.1 Å². The van der Waals surface area contributed by atoms with Gasteiger partial charge in [0, 0.05) is 38.6 Å². The van der Waals surface area contributed by atoms with Crippen molar-refractivity contribution in [1.29, 1.82) is 0 Å². The van der Waals surface area contributed by atoms with Crippen LogP contribution in [0.1, 0.15) is 64.2 Å². The molecular formula is C25H40N2O4. The van der Waals surface area contributed by atoms with E-state index in [4.69, 9.17) is 14.2 Å². The van der Waals surface area contributed by atoms with Gasteiger partial charge in [0.25, 0.3) is 0 Å². The molecule has 3 heterocycles. The van der Waals surface area contributed by atoms with Crippen LogP contribution in [0.3, 0.4) is 0 Å². The van der Waals surface area contributed by atoms with E-state index in [9.17, 15) is 4.79 Å². The van der Waals surface area contributed by atoms with Gasteiger partial charge in [-0.25, -0.2) is 0 Å². The van der Waals surface area contributed by atoms with E-state index in [0.29, 0.717) is 25.6 Å². The van der Waals surface area contributed by atoms with E-state index in [-0.39, 0.29) is 11.9 Å². The molecule has 1 aliphatic carbocycles. The number of nitrogens with zero attached hydrogens (tertiary/aromatic N) is 1. The lowest BCUT2D eigenvalue weighted by Crippen LogP contribution is -2.44. The molecule has 0 aromatic heterocycles. The molecule has 0 aromatic rings. The first-order valence-corrected chi connectivity index (χ1v) is 12.5. The predicted octanol–water partition coefficient (Wildman–Crippen LogP) is 3.78. The summed E-state index contributed by atoms with van der Waals surface area (Å²) in [6.07, 6.45) is 15.1. The maximum Gasteiger partial charge on any atom is 0.220 e. The minimum atomic E-state index is 0.197. The van der Waals surface area contributed by atoms with E-state index in [1.807, 2.05) is 0 Å². The van der Waals surface area contributed by atoms with Gasteiger partial charge in [0.2, 0.25) is 5.91 Å². The summed E-state index contributed by atoms with van der Waals surface area (Å²) in [4.78, 5) is 15.2. The monoisotopic (exact) mass is 432 g/mol. The van der Waals surface area contributed by atoms with Gasteiger partial charge in [0.15, 0.2) is 5.76 Å². The molecule has 0 bridgehead atoms. The third-order valence-corrected chi connectivity index (χ3v) is 7.10. The van der Waals surface area contributed by atoms with Crippen molar-refractivity contribution < 1.29 is 19.0 Å². The van der Waals surface area contributed by atoms with Crippen LogP contribution < -0.4 is 5.32 Å². The highest BCUT2D eigenvalue weighted by atomic mass is 16.6. The maximum atomic E-state index is 12.7. The molecule has 2 fully saturated rings. The summed E-state index contributed by atoms with van der Waals surface area (Å²) in [6.45, 7) is 6.37. The van der Waals surface area contributed by atoms with Crippen molar-refractivity contribution >= 4 is 5.91 Å². The van der Waals surface area contributed by atoms with Crippen LogP contribution in [0.25, 0.3) is 0 Å². The predicted molar refractivity (Wildman–Crippen MR) is 120 cm³/mol. The van der Waals surface area contributed by atoms with E-state index in [1.54, 1.807) is 0 Å². The van der Waals surface area contributed by atoms with E-state index >= 15 is 0 Å².